The highest BCUT2D eigenvalue weighted by molar-refractivity contribution is 7.95. The van der Waals surface area contributed by atoms with Crippen molar-refractivity contribution in [3.63, 3.8) is 0 Å². The van der Waals surface area contributed by atoms with E-state index in [-0.39, 0.29) is 10.8 Å². The second-order valence-corrected chi connectivity index (χ2v) is 9.25. The van der Waals surface area contributed by atoms with Crippen molar-refractivity contribution in [1.29, 1.82) is 0 Å². The lowest BCUT2D eigenvalue weighted by molar-refractivity contribution is 0.471. The van der Waals surface area contributed by atoms with Crippen molar-refractivity contribution in [2.24, 2.45) is 0 Å². The van der Waals surface area contributed by atoms with Crippen molar-refractivity contribution in [3.8, 4) is 5.75 Å². The number of aromatic hydroxyl groups is 1. The molecular weight excluding hydrogens is 398 g/mol. The monoisotopic (exact) mass is 409 g/mol. The van der Waals surface area contributed by atoms with Crippen LogP contribution in [0.25, 0.3) is 10.8 Å². The van der Waals surface area contributed by atoms with Crippen molar-refractivity contribution in [3.05, 3.63) is 36.3 Å². The number of nitrogens with one attached hydrogen (secondary N) is 1. The summed E-state index contributed by atoms with van der Waals surface area (Å²) in [6.07, 6.45) is 0. The Balaban J connectivity index is 2.98. The highest BCUT2D eigenvalue weighted by atomic mass is 32.2. The van der Waals surface area contributed by atoms with Crippen molar-refractivity contribution >= 4 is 46.7 Å². The second kappa shape index (κ2) is 5.96. The summed E-state index contributed by atoms with van der Waals surface area (Å²) in [7, 11) is -13.7. The number of sulfonamides is 1. The molecule has 0 amide bonds. The van der Waals surface area contributed by atoms with Crippen LogP contribution in [-0.4, -0.2) is 39.5 Å². The van der Waals surface area contributed by atoms with Gasteiger partial charge in [0.05, 0.1) is 15.5 Å². The quantitative estimate of drug-likeness (QED) is 0.523. The van der Waals surface area contributed by atoms with E-state index in [0.29, 0.717) is 11.5 Å². The van der Waals surface area contributed by atoms with Gasteiger partial charge in [0.1, 0.15) is 5.75 Å². The molecule has 0 saturated carbocycles. The van der Waals surface area contributed by atoms with Crippen LogP contribution in [0.3, 0.4) is 0 Å². The van der Waals surface area contributed by atoms with Gasteiger partial charge in [-0.1, -0.05) is 6.58 Å². The molecule has 13 heteroatoms. The van der Waals surface area contributed by atoms with Gasteiger partial charge in [0, 0.05) is 16.9 Å². The molecule has 0 unspecified atom stereocenters. The molecule has 2 aromatic rings. The van der Waals surface area contributed by atoms with Crippen molar-refractivity contribution in [2.45, 2.75) is 9.79 Å². The Kier molecular flexibility index (Phi) is 4.56. The maximum Gasteiger partial charge on any atom is 0.294 e. The van der Waals surface area contributed by atoms with E-state index in [2.05, 4.69) is 6.58 Å². The Hall–Kier alpha value is -2.19. The van der Waals surface area contributed by atoms with Crippen molar-refractivity contribution in [1.82, 2.24) is 0 Å². The molecule has 0 bridgehead atoms. The molecule has 0 atom stereocenters. The van der Waals surface area contributed by atoms with Gasteiger partial charge in [0.25, 0.3) is 30.3 Å². The molecule has 10 nitrogen and oxygen atoms in total. The summed E-state index contributed by atoms with van der Waals surface area (Å²) >= 11 is 0. The summed E-state index contributed by atoms with van der Waals surface area (Å²) in [5, 5.41) is 10.00. The van der Waals surface area contributed by atoms with Gasteiger partial charge in [0.15, 0.2) is 0 Å². The van der Waals surface area contributed by atoms with Crippen LogP contribution in [0, 0.1) is 0 Å². The van der Waals surface area contributed by atoms with Crippen LogP contribution in [-0.2, 0) is 30.3 Å². The predicted molar refractivity (Wildman–Crippen MR) is 88.0 cm³/mol. The molecule has 2 rings (SSSR count). The number of fused-ring (bicyclic) bond motifs is 1. The van der Waals surface area contributed by atoms with Crippen LogP contribution in [0.1, 0.15) is 0 Å². The Bertz CT molecular complexity index is 1190. The van der Waals surface area contributed by atoms with Gasteiger partial charge in [-0.3, -0.25) is 13.8 Å². The number of benzene rings is 2. The first kappa shape index (κ1) is 19.1. The topological polar surface area (TPSA) is 175 Å². The first-order valence-corrected chi connectivity index (χ1v) is 10.6. The zero-order chi connectivity index (χ0) is 19.2. The van der Waals surface area contributed by atoms with E-state index >= 15 is 0 Å². The van der Waals surface area contributed by atoms with E-state index < -0.39 is 51.5 Å². The van der Waals surface area contributed by atoms with E-state index in [4.69, 9.17) is 4.55 Å². The van der Waals surface area contributed by atoms with Crippen LogP contribution in [0.15, 0.2) is 46.0 Å². The van der Waals surface area contributed by atoms with E-state index in [1.165, 1.54) is 0 Å². The highest BCUT2D eigenvalue weighted by Crippen LogP contribution is 2.37. The van der Waals surface area contributed by atoms with Crippen LogP contribution in [0.2, 0.25) is 0 Å². The molecule has 136 valence electrons. The molecule has 25 heavy (non-hydrogen) atoms. The molecule has 2 aromatic carbocycles. The summed E-state index contributed by atoms with van der Waals surface area (Å²) in [5.74, 6) is -0.756. The van der Waals surface area contributed by atoms with E-state index in [1.54, 1.807) is 0 Å². The molecule has 0 aliphatic carbocycles. The maximum atomic E-state index is 11.7. The molecule has 0 spiro atoms. The van der Waals surface area contributed by atoms with Gasteiger partial charge >= 0.3 is 0 Å². The summed E-state index contributed by atoms with van der Waals surface area (Å²) < 4.78 is 88.6. The minimum Gasteiger partial charge on any atom is -0.507 e. The van der Waals surface area contributed by atoms with Crippen LogP contribution in [0.5, 0.6) is 5.75 Å². The Morgan fingerprint density at radius 1 is 0.880 bits per heavy atom. The zero-order valence-corrected chi connectivity index (χ0v) is 14.6. The third-order valence-corrected chi connectivity index (χ3v) is 5.65. The number of hydrogen-bond acceptors (Lipinski definition) is 7. The fraction of sp³-hybridized carbons (Fsp3) is 0. The summed E-state index contributed by atoms with van der Waals surface area (Å²) in [6.45, 7) is 3.06. The molecule has 0 aromatic heterocycles. The predicted octanol–water partition coefficient (Wildman–Crippen LogP) is 0.924. The van der Waals surface area contributed by atoms with Crippen molar-refractivity contribution in [2.75, 3.05) is 4.72 Å². The first-order chi connectivity index (χ1) is 11.2. The number of hydrogen-bond donors (Lipinski definition) is 4. The normalized spacial score (nSPS) is 12.9. The lowest BCUT2D eigenvalue weighted by atomic mass is 10.1. The molecule has 0 fully saturated rings. The average molecular weight is 409 g/mol. The highest BCUT2D eigenvalue weighted by Gasteiger charge is 2.21. The number of rotatable bonds is 5. The number of phenolic OH excluding ortho intramolecular Hbond substituents is 1. The minimum atomic E-state index is -4.79. The van der Waals surface area contributed by atoms with Gasteiger partial charge < -0.3 is 5.11 Å². The lowest BCUT2D eigenvalue weighted by Gasteiger charge is -2.13. The molecule has 0 aliphatic rings. The Labute approximate surface area is 143 Å². The van der Waals surface area contributed by atoms with Crippen molar-refractivity contribution < 1.29 is 39.5 Å². The zero-order valence-electron chi connectivity index (χ0n) is 12.1. The fourth-order valence-corrected chi connectivity index (χ4v) is 3.64. The lowest BCUT2D eigenvalue weighted by Crippen LogP contribution is -2.10. The largest absolute Gasteiger partial charge is 0.507 e. The SMILES string of the molecule is C=CS(=O)(=O)Nc1cc(S(=O)(=O)O)cc2cc(S(=O)(=O)O)cc(O)c12. The summed E-state index contributed by atoms with van der Waals surface area (Å²) in [6, 6.07) is 2.97. The fourth-order valence-electron chi connectivity index (χ4n) is 2.01. The molecule has 4 N–H and O–H groups in total. The van der Waals surface area contributed by atoms with Gasteiger partial charge in [-0.25, -0.2) is 8.42 Å². The third-order valence-electron chi connectivity index (χ3n) is 3.04. The Morgan fingerprint density at radius 3 is 1.80 bits per heavy atom. The van der Waals surface area contributed by atoms with Gasteiger partial charge in [-0.2, -0.15) is 16.8 Å². The Morgan fingerprint density at radius 2 is 1.36 bits per heavy atom. The van der Waals surface area contributed by atoms with Gasteiger partial charge in [-0.15, -0.1) is 0 Å². The maximum absolute atomic E-state index is 11.7. The number of anilines is 1. The van der Waals surface area contributed by atoms with E-state index in [0.717, 1.165) is 18.2 Å². The van der Waals surface area contributed by atoms with Crippen LogP contribution >= 0.6 is 0 Å². The third kappa shape index (κ3) is 4.08. The van der Waals surface area contributed by atoms with Crippen LogP contribution < -0.4 is 4.72 Å². The molecule has 0 radical (unpaired) electrons. The molecule has 0 heterocycles. The van der Waals surface area contributed by atoms with Gasteiger partial charge in [0.2, 0.25) is 0 Å². The first-order valence-electron chi connectivity index (χ1n) is 6.15. The molecular formula is C12H11NO9S3. The van der Waals surface area contributed by atoms with Gasteiger partial charge in [-0.05, 0) is 23.6 Å². The average Bonchev–Trinajstić information content (AvgIpc) is 2.44. The minimum absolute atomic E-state index is 0.259. The molecule has 0 saturated heterocycles. The van der Waals surface area contributed by atoms with E-state index in [1.807, 2.05) is 4.72 Å². The standard InChI is InChI=1S/C12H11NO9S3/c1-2-23(15,16)13-10-5-8(24(17,18)19)3-7-4-9(25(20,21)22)6-11(14)12(7)10/h2-6,13-14H,1H2,(H,17,18,19)(H,20,21,22). The second-order valence-electron chi connectivity index (χ2n) is 4.78. The number of phenols is 1. The molecule has 0 aliphatic heterocycles. The van der Waals surface area contributed by atoms with E-state index in [9.17, 15) is 34.9 Å². The summed E-state index contributed by atoms with van der Waals surface area (Å²) in [4.78, 5) is -1.53. The summed E-state index contributed by atoms with van der Waals surface area (Å²) in [5.41, 5.74) is -0.454. The van der Waals surface area contributed by atoms with Crippen LogP contribution in [0.4, 0.5) is 5.69 Å². The smallest absolute Gasteiger partial charge is 0.294 e.